The van der Waals surface area contributed by atoms with Gasteiger partial charge in [0.15, 0.2) is 11.5 Å². The van der Waals surface area contributed by atoms with Crippen LogP contribution in [0.1, 0.15) is 41.0 Å². The number of aliphatic hydroxyl groups is 1. The number of benzene rings is 3. The van der Waals surface area contributed by atoms with Crippen molar-refractivity contribution in [1.29, 1.82) is 0 Å². The van der Waals surface area contributed by atoms with Gasteiger partial charge in [0.1, 0.15) is 12.7 Å². The summed E-state index contributed by atoms with van der Waals surface area (Å²) < 4.78 is 18.0. The second kappa shape index (κ2) is 8.38. The van der Waals surface area contributed by atoms with Gasteiger partial charge in [0, 0.05) is 31.0 Å². The predicted molar refractivity (Wildman–Crippen MR) is 139 cm³/mol. The number of nitrogens with zero attached hydrogens (tertiary/aromatic N) is 1. The number of rotatable bonds is 3. The molecule has 37 heavy (non-hydrogen) atoms. The van der Waals surface area contributed by atoms with E-state index < -0.39 is 11.5 Å². The van der Waals surface area contributed by atoms with Gasteiger partial charge < -0.3 is 24.2 Å². The Labute approximate surface area is 216 Å². The lowest BCUT2D eigenvalue weighted by molar-refractivity contribution is 0.0740. The maximum absolute atomic E-state index is 13.5. The SMILES string of the molecule is COc1ccc2c3c1OC1CC(O)C=CC31CCN(C(=O)OCC1c3ccccc3-c3ccccc31)C2. The number of hydrogen-bond acceptors (Lipinski definition) is 5. The van der Waals surface area contributed by atoms with Crippen molar-refractivity contribution in [2.75, 3.05) is 20.3 Å². The molecule has 2 aliphatic heterocycles. The summed E-state index contributed by atoms with van der Waals surface area (Å²) in [6, 6.07) is 20.7. The maximum atomic E-state index is 13.5. The minimum atomic E-state index is -0.541. The van der Waals surface area contributed by atoms with Crippen molar-refractivity contribution in [2.45, 2.75) is 42.9 Å². The third-order valence-corrected chi connectivity index (χ3v) is 8.55. The third-order valence-electron chi connectivity index (χ3n) is 8.55. The summed E-state index contributed by atoms with van der Waals surface area (Å²) in [5.41, 5.74) is 6.55. The molecule has 7 rings (SSSR count). The van der Waals surface area contributed by atoms with Crippen LogP contribution in [-0.4, -0.2) is 48.6 Å². The van der Waals surface area contributed by atoms with Crippen molar-refractivity contribution in [2.24, 2.45) is 0 Å². The number of carbonyl (C=O) groups is 1. The largest absolute Gasteiger partial charge is 0.493 e. The molecular formula is C31H29NO5. The van der Waals surface area contributed by atoms with Crippen LogP contribution in [0.2, 0.25) is 0 Å². The van der Waals surface area contributed by atoms with Crippen molar-refractivity contribution in [3.05, 3.63) is 95.1 Å². The third kappa shape index (κ3) is 3.32. The number of amides is 1. The van der Waals surface area contributed by atoms with Crippen LogP contribution in [0.5, 0.6) is 11.5 Å². The highest BCUT2D eigenvalue weighted by Gasteiger charge is 2.53. The Bertz CT molecular complexity index is 1390. The highest BCUT2D eigenvalue weighted by atomic mass is 16.6. The predicted octanol–water partition coefficient (Wildman–Crippen LogP) is 5.17. The highest BCUT2D eigenvalue weighted by molar-refractivity contribution is 5.79. The summed E-state index contributed by atoms with van der Waals surface area (Å²) in [5.74, 6) is 1.44. The minimum absolute atomic E-state index is 0.0252. The van der Waals surface area contributed by atoms with E-state index in [1.54, 1.807) is 12.0 Å². The fraction of sp³-hybridized carbons (Fsp3) is 0.323. The van der Waals surface area contributed by atoms with E-state index in [-0.39, 0.29) is 18.1 Å². The van der Waals surface area contributed by atoms with Gasteiger partial charge >= 0.3 is 6.09 Å². The van der Waals surface area contributed by atoms with Crippen molar-refractivity contribution in [1.82, 2.24) is 4.90 Å². The van der Waals surface area contributed by atoms with E-state index >= 15 is 0 Å². The van der Waals surface area contributed by atoms with Crippen molar-refractivity contribution >= 4 is 6.09 Å². The fourth-order valence-electron chi connectivity index (χ4n) is 6.78. The summed E-state index contributed by atoms with van der Waals surface area (Å²) >= 11 is 0. The van der Waals surface area contributed by atoms with Crippen LogP contribution < -0.4 is 9.47 Å². The Kier molecular flexibility index (Phi) is 5.08. The van der Waals surface area contributed by atoms with E-state index in [9.17, 15) is 9.90 Å². The van der Waals surface area contributed by atoms with Gasteiger partial charge in [-0.3, -0.25) is 0 Å². The van der Waals surface area contributed by atoms with Crippen LogP contribution >= 0.6 is 0 Å². The summed E-state index contributed by atoms with van der Waals surface area (Å²) in [6.45, 7) is 1.28. The lowest BCUT2D eigenvalue weighted by Crippen LogP contribution is -2.43. The molecule has 6 nitrogen and oxygen atoms in total. The molecule has 3 atom stereocenters. The van der Waals surface area contributed by atoms with Gasteiger partial charge in [0.2, 0.25) is 0 Å². The van der Waals surface area contributed by atoms with Crippen LogP contribution in [0.25, 0.3) is 11.1 Å². The first kappa shape index (κ1) is 22.4. The van der Waals surface area contributed by atoms with Gasteiger partial charge in [-0.15, -0.1) is 0 Å². The van der Waals surface area contributed by atoms with E-state index in [1.165, 1.54) is 22.3 Å². The first-order valence-electron chi connectivity index (χ1n) is 12.9. The van der Waals surface area contributed by atoms with Crippen LogP contribution in [0.15, 0.2) is 72.8 Å². The van der Waals surface area contributed by atoms with E-state index in [4.69, 9.17) is 14.2 Å². The summed E-state index contributed by atoms with van der Waals surface area (Å²) in [4.78, 5) is 15.3. The lowest BCUT2D eigenvalue weighted by atomic mass is 9.69. The molecule has 1 N–H and O–H groups in total. The van der Waals surface area contributed by atoms with E-state index in [0.717, 1.165) is 16.9 Å². The van der Waals surface area contributed by atoms with E-state index in [1.807, 2.05) is 30.3 Å². The molecular weight excluding hydrogens is 466 g/mol. The van der Waals surface area contributed by atoms with E-state index in [0.29, 0.717) is 38.3 Å². The molecule has 3 unspecified atom stereocenters. The molecule has 1 amide bonds. The molecule has 0 aromatic heterocycles. The Morgan fingerprint density at radius 3 is 2.54 bits per heavy atom. The normalized spacial score (nSPS) is 24.9. The molecule has 6 heteroatoms. The Hall–Kier alpha value is -3.77. The molecule has 0 radical (unpaired) electrons. The minimum Gasteiger partial charge on any atom is -0.493 e. The maximum Gasteiger partial charge on any atom is 0.410 e. The topological polar surface area (TPSA) is 68.2 Å². The smallest absolute Gasteiger partial charge is 0.410 e. The second-order valence-corrected chi connectivity index (χ2v) is 10.4. The molecule has 2 heterocycles. The molecule has 0 saturated carbocycles. The highest BCUT2D eigenvalue weighted by Crippen LogP contribution is 2.55. The molecule has 2 aliphatic carbocycles. The quantitative estimate of drug-likeness (QED) is 0.508. The number of hydrogen-bond donors (Lipinski definition) is 1. The van der Waals surface area contributed by atoms with Gasteiger partial charge in [0.25, 0.3) is 0 Å². The zero-order valence-electron chi connectivity index (χ0n) is 20.7. The van der Waals surface area contributed by atoms with Crippen LogP contribution in [0.3, 0.4) is 0 Å². The van der Waals surface area contributed by atoms with Crippen molar-refractivity contribution in [3.8, 4) is 22.6 Å². The van der Waals surface area contributed by atoms with Gasteiger partial charge in [-0.05, 0) is 40.3 Å². The standard InChI is InChI=1S/C31H29NO5/c1-35-26-11-10-19-17-32(15-14-31-13-12-20(33)16-27(31)37-29(26)28(19)31)30(34)36-18-25-23-8-4-2-6-21(23)22-7-3-5-9-24(22)25/h2-13,20,25,27,33H,14-18H2,1H3. The Balaban J connectivity index is 1.16. The summed E-state index contributed by atoms with van der Waals surface area (Å²) in [5, 5.41) is 10.3. The van der Waals surface area contributed by atoms with Gasteiger partial charge in [-0.25, -0.2) is 4.79 Å². The molecule has 0 fully saturated rings. The first-order valence-corrected chi connectivity index (χ1v) is 12.9. The van der Waals surface area contributed by atoms with Crippen molar-refractivity contribution in [3.63, 3.8) is 0 Å². The summed E-state index contributed by atoms with van der Waals surface area (Å²) in [6.07, 6.45) is 4.11. The van der Waals surface area contributed by atoms with Crippen LogP contribution in [0.4, 0.5) is 4.79 Å². The zero-order valence-corrected chi connectivity index (χ0v) is 20.7. The number of aliphatic hydroxyl groups excluding tert-OH is 1. The van der Waals surface area contributed by atoms with Crippen LogP contribution in [-0.2, 0) is 16.7 Å². The molecule has 188 valence electrons. The molecule has 3 aromatic carbocycles. The lowest BCUT2D eigenvalue weighted by Gasteiger charge is -2.35. The molecule has 1 spiro atoms. The Morgan fingerprint density at radius 1 is 1.08 bits per heavy atom. The molecule has 0 bridgehead atoms. The molecule has 4 aliphatic rings. The van der Waals surface area contributed by atoms with Crippen LogP contribution in [0, 0.1) is 0 Å². The number of carbonyl (C=O) groups excluding carboxylic acids is 1. The fourth-order valence-corrected chi connectivity index (χ4v) is 6.78. The van der Waals surface area contributed by atoms with E-state index in [2.05, 4.69) is 42.5 Å². The molecule has 3 aromatic rings. The second-order valence-electron chi connectivity index (χ2n) is 10.4. The zero-order chi connectivity index (χ0) is 25.1. The van der Waals surface area contributed by atoms with Gasteiger partial charge in [0.05, 0.1) is 18.6 Å². The number of fused-ring (bicyclic) bond motifs is 3. The monoisotopic (exact) mass is 495 g/mol. The summed E-state index contributed by atoms with van der Waals surface area (Å²) in [7, 11) is 1.64. The Morgan fingerprint density at radius 2 is 1.81 bits per heavy atom. The average molecular weight is 496 g/mol. The average Bonchev–Trinajstić information content (AvgIpc) is 3.36. The first-order chi connectivity index (χ1) is 18.1. The van der Waals surface area contributed by atoms with Crippen molar-refractivity contribution < 1.29 is 24.1 Å². The number of ether oxygens (including phenoxy) is 3. The number of methoxy groups -OCH3 is 1. The van der Waals surface area contributed by atoms with Gasteiger partial charge in [-0.2, -0.15) is 0 Å². The molecule has 0 saturated heterocycles. The van der Waals surface area contributed by atoms with Gasteiger partial charge in [-0.1, -0.05) is 66.7 Å².